The minimum absolute atomic E-state index is 0.622. The molecule has 0 aromatic carbocycles. The van der Waals surface area contributed by atoms with Crippen molar-refractivity contribution in [2.45, 2.75) is 40.0 Å². The van der Waals surface area contributed by atoms with Crippen molar-refractivity contribution in [2.75, 3.05) is 0 Å². The summed E-state index contributed by atoms with van der Waals surface area (Å²) < 4.78 is 5.37. The van der Waals surface area contributed by atoms with Gasteiger partial charge in [0.2, 0.25) is 5.71 Å². The van der Waals surface area contributed by atoms with Crippen LogP contribution in [-0.4, -0.2) is 9.97 Å². The van der Waals surface area contributed by atoms with E-state index in [0.717, 1.165) is 41.9 Å². The van der Waals surface area contributed by atoms with Gasteiger partial charge in [-0.3, -0.25) is 0 Å². The maximum Gasteiger partial charge on any atom is 0.229 e. The van der Waals surface area contributed by atoms with E-state index in [1.54, 1.807) is 6.26 Å². The van der Waals surface area contributed by atoms with Gasteiger partial charge in [0.15, 0.2) is 0 Å². The van der Waals surface area contributed by atoms with Gasteiger partial charge in [0, 0.05) is 6.42 Å². The van der Waals surface area contributed by atoms with Gasteiger partial charge >= 0.3 is 0 Å². The molecule has 86 valence electrons. The Labute approximate surface area is 95.9 Å². The van der Waals surface area contributed by atoms with Crippen molar-refractivity contribution in [2.24, 2.45) is 5.92 Å². The van der Waals surface area contributed by atoms with Crippen molar-refractivity contribution >= 4 is 11.1 Å². The second kappa shape index (κ2) is 4.64. The summed E-state index contributed by atoms with van der Waals surface area (Å²) in [5.74, 6) is 1.53. The van der Waals surface area contributed by atoms with E-state index in [4.69, 9.17) is 4.42 Å². The molecule has 2 rings (SSSR count). The summed E-state index contributed by atoms with van der Waals surface area (Å²) >= 11 is 0. The van der Waals surface area contributed by atoms with Crippen molar-refractivity contribution in [3.63, 3.8) is 0 Å². The van der Waals surface area contributed by atoms with Gasteiger partial charge in [0.25, 0.3) is 0 Å². The lowest BCUT2D eigenvalue weighted by Gasteiger charge is -2.08. The fraction of sp³-hybridized carbons (Fsp3) is 0.538. The van der Waals surface area contributed by atoms with Crippen LogP contribution in [0.1, 0.15) is 38.7 Å². The highest BCUT2D eigenvalue weighted by Gasteiger charge is 2.10. The molecule has 0 aliphatic heterocycles. The zero-order valence-corrected chi connectivity index (χ0v) is 10.2. The van der Waals surface area contributed by atoms with Crippen molar-refractivity contribution in [1.82, 2.24) is 9.97 Å². The summed E-state index contributed by atoms with van der Waals surface area (Å²) in [5.41, 5.74) is 1.82. The largest absolute Gasteiger partial charge is 0.446 e. The van der Waals surface area contributed by atoms with Crippen molar-refractivity contribution in [3.05, 3.63) is 23.8 Å². The van der Waals surface area contributed by atoms with Crippen LogP contribution in [0.2, 0.25) is 0 Å². The van der Waals surface area contributed by atoms with Gasteiger partial charge < -0.3 is 4.42 Å². The first-order valence-corrected chi connectivity index (χ1v) is 5.97. The second-order valence-electron chi connectivity index (χ2n) is 4.30. The standard InChI is InChI=1S/C13H18N2O/c1-4-9(3)8-12-14-11(5-2)10-6-7-16-13(10)15-12/h6-7,9H,4-5,8H2,1-3H3. The molecule has 0 aliphatic carbocycles. The molecule has 16 heavy (non-hydrogen) atoms. The maximum atomic E-state index is 5.37. The summed E-state index contributed by atoms with van der Waals surface area (Å²) in [7, 11) is 0. The van der Waals surface area contributed by atoms with E-state index in [0.29, 0.717) is 5.92 Å². The summed E-state index contributed by atoms with van der Waals surface area (Å²) in [6, 6.07) is 1.95. The van der Waals surface area contributed by atoms with Crippen molar-refractivity contribution < 1.29 is 4.42 Å². The molecule has 0 amide bonds. The van der Waals surface area contributed by atoms with Crippen LogP contribution in [0.3, 0.4) is 0 Å². The third-order valence-corrected chi connectivity index (χ3v) is 3.01. The molecule has 0 saturated carbocycles. The number of furan rings is 1. The van der Waals surface area contributed by atoms with Gasteiger partial charge in [-0.05, 0) is 18.4 Å². The van der Waals surface area contributed by atoms with E-state index < -0.39 is 0 Å². The number of hydrogen-bond donors (Lipinski definition) is 0. The van der Waals surface area contributed by atoms with E-state index in [-0.39, 0.29) is 0 Å². The first kappa shape index (κ1) is 11.1. The molecule has 1 atom stereocenters. The molecule has 0 N–H and O–H groups in total. The first-order valence-electron chi connectivity index (χ1n) is 5.97. The van der Waals surface area contributed by atoms with Crippen LogP contribution in [0.4, 0.5) is 0 Å². The molecular formula is C13H18N2O. The number of aromatic nitrogens is 2. The Balaban J connectivity index is 2.39. The quantitative estimate of drug-likeness (QED) is 0.789. The van der Waals surface area contributed by atoms with Crippen LogP contribution in [0.25, 0.3) is 11.1 Å². The van der Waals surface area contributed by atoms with E-state index in [9.17, 15) is 0 Å². The number of rotatable bonds is 4. The summed E-state index contributed by atoms with van der Waals surface area (Å²) in [6.07, 6.45) is 4.69. The van der Waals surface area contributed by atoms with E-state index in [2.05, 4.69) is 30.7 Å². The van der Waals surface area contributed by atoms with Crippen LogP contribution in [0.15, 0.2) is 16.7 Å². The molecule has 2 heterocycles. The predicted molar refractivity (Wildman–Crippen MR) is 64.3 cm³/mol. The molecule has 2 aromatic heterocycles. The van der Waals surface area contributed by atoms with Crippen LogP contribution < -0.4 is 0 Å². The third-order valence-electron chi connectivity index (χ3n) is 3.01. The Morgan fingerprint density at radius 2 is 2.12 bits per heavy atom. The lowest BCUT2D eigenvalue weighted by atomic mass is 10.0. The van der Waals surface area contributed by atoms with Gasteiger partial charge in [0.1, 0.15) is 5.82 Å². The average Bonchev–Trinajstić information content (AvgIpc) is 2.75. The summed E-state index contributed by atoms with van der Waals surface area (Å²) in [6.45, 7) is 6.53. The lowest BCUT2D eigenvalue weighted by Crippen LogP contribution is -2.05. The smallest absolute Gasteiger partial charge is 0.229 e. The highest BCUT2D eigenvalue weighted by molar-refractivity contribution is 5.75. The molecule has 3 nitrogen and oxygen atoms in total. The number of fused-ring (bicyclic) bond motifs is 1. The fourth-order valence-electron chi connectivity index (χ4n) is 1.78. The van der Waals surface area contributed by atoms with Crippen molar-refractivity contribution in [1.29, 1.82) is 0 Å². The Bertz CT molecular complexity index is 476. The molecule has 1 unspecified atom stereocenters. The van der Waals surface area contributed by atoms with Gasteiger partial charge in [-0.2, -0.15) is 4.98 Å². The molecule has 0 fully saturated rings. The van der Waals surface area contributed by atoms with Crippen LogP contribution in [-0.2, 0) is 12.8 Å². The van der Waals surface area contributed by atoms with Gasteiger partial charge in [-0.25, -0.2) is 4.98 Å². The molecule has 3 heteroatoms. The fourth-order valence-corrected chi connectivity index (χ4v) is 1.78. The average molecular weight is 218 g/mol. The SMILES string of the molecule is CCc1nc(CC(C)CC)nc2occc12. The Morgan fingerprint density at radius 3 is 2.81 bits per heavy atom. The third kappa shape index (κ3) is 2.08. The highest BCUT2D eigenvalue weighted by atomic mass is 16.3. The topological polar surface area (TPSA) is 38.9 Å². The summed E-state index contributed by atoms with van der Waals surface area (Å²) in [4.78, 5) is 9.06. The number of hydrogen-bond acceptors (Lipinski definition) is 3. The Hall–Kier alpha value is -1.38. The first-order chi connectivity index (χ1) is 7.74. The van der Waals surface area contributed by atoms with Crippen LogP contribution >= 0.6 is 0 Å². The van der Waals surface area contributed by atoms with Gasteiger partial charge in [-0.15, -0.1) is 0 Å². The Kier molecular flexibility index (Phi) is 3.22. The number of nitrogens with zero attached hydrogens (tertiary/aromatic N) is 2. The normalized spacial score (nSPS) is 13.2. The molecule has 0 saturated heterocycles. The highest BCUT2D eigenvalue weighted by Crippen LogP contribution is 2.19. The molecule has 0 spiro atoms. The van der Waals surface area contributed by atoms with Crippen molar-refractivity contribution in [3.8, 4) is 0 Å². The van der Waals surface area contributed by atoms with Gasteiger partial charge in [-0.1, -0.05) is 27.2 Å². The molecule has 0 radical (unpaired) electrons. The molecular weight excluding hydrogens is 200 g/mol. The molecule has 0 aliphatic rings. The maximum absolute atomic E-state index is 5.37. The predicted octanol–water partition coefficient (Wildman–Crippen LogP) is 3.37. The van der Waals surface area contributed by atoms with E-state index in [1.165, 1.54) is 0 Å². The minimum atomic E-state index is 0.622. The Morgan fingerprint density at radius 1 is 1.31 bits per heavy atom. The minimum Gasteiger partial charge on any atom is -0.446 e. The van der Waals surface area contributed by atoms with E-state index >= 15 is 0 Å². The van der Waals surface area contributed by atoms with Crippen LogP contribution in [0.5, 0.6) is 0 Å². The second-order valence-corrected chi connectivity index (χ2v) is 4.30. The molecule has 0 bridgehead atoms. The van der Waals surface area contributed by atoms with Crippen LogP contribution in [0, 0.1) is 5.92 Å². The van der Waals surface area contributed by atoms with Gasteiger partial charge in [0.05, 0.1) is 17.3 Å². The zero-order valence-electron chi connectivity index (χ0n) is 10.2. The molecule has 2 aromatic rings. The summed E-state index contributed by atoms with van der Waals surface area (Å²) in [5, 5.41) is 1.05. The van der Waals surface area contributed by atoms with E-state index in [1.807, 2.05) is 6.07 Å². The zero-order chi connectivity index (χ0) is 11.5. The monoisotopic (exact) mass is 218 g/mol. The lowest BCUT2D eigenvalue weighted by molar-refractivity contribution is 0.537. The number of aryl methyl sites for hydroxylation is 1.